The molecule has 1 aliphatic rings. The van der Waals surface area contributed by atoms with Crippen LogP contribution in [0.1, 0.15) is 31.2 Å². The van der Waals surface area contributed by atoms with Gasteiger partial charge in [0.25, 0.3) is 0 Å². The quantitative estimate of drug-likeness (QED) is 0.924. The number of hydrogen-bond donors (Lipinski definition) is 1. The van der Waals surface area contributed by atoms with Gasteiger partial charge in [0.2, 0.25) is 5.91 Å². The average molecular weight is 282 g/mol. The first kappa shape index (κ1) is 14.9. The van der Waals surface area contributed by atoms with E-state index in [9.17, 15) is 13.6 Å². The van der Waals surface area contributed by atoms with Crippen molar-refractivity contribution >= 4 is 5.91 Å². The van der Waals surface area contributed by atoms with Gasteiger partial charge in [-0.15, -0.1) is 0 Å². The molecule has 20 heavy (non-hydrogen) atoms. The lowest BCUT2D eigenvalue weighted by atomic mass is 9.91. The van der Waals surface area contributed by atoms with Crippen molar-refractivity contribution in [3.63, 3.8) is 0 Å². The molecule has 0 radical (unpaired) electrons. The lowest BCUT2D eigenvalue weighted by molar-refractivity contribution is -0.131. The fourth-order valence-electron chi connectivity index (χ4n) is 2.66. The number of halogens is 2. The highest BCUT2D eigenvalue weighted by Crippen LogP contribution is 2.22. The number of hydrogen-bond acceptors (Lipinski definition) is 2. The topological polar surface area (TPSA) is 46.3 Å². The van der Waals surface area contributed by atoms with Crippen LogP contribution in [0.15, 0.2) is 18.2 Å². The fraction of sp³-hybridized carbons (Fsp3) is 0.533. The Hall–Kier alpha value is -1.49. The number of amides is 1. The number of carbonyl (C=O) groups is 1. The highest BCUT2D eigenvalue weighted by molar-refractivity contribution is 5.78. The van der Waals surface area contributed by atoms with Gasteiger partial charge in [0.05, 0.1) is 6.42 Å². The van der Waals surface area contributed by atoms with Crippen LogP contribution in [0.4, 0.5) is 8.78 Å². The van der Waals surface area contributed by atoms with E-state index in [0.717, 1.165) is 43.9 Å². The van der Waals surface area contributed by atoms with Crippen molar-refractivity contribution in [1.82, 2.24) is 4.90 Å². The van der Waals surface area contributed by atoms with Gasteiger partial charge in [-0.3, -0.25) is 4.79 Å². The van der Waals surface area contributed by atoms with E-state index in [2.05, 4.69) is 0 Å². The van der Waals surface area contributed by atoms with Crippen LogP contribution < -0.4 is 5.73 Å². The van der Waals surface area contributed by atoms with Crippen LogP contribution in [-0.4, -0.2) is 29.9 Å². The normalized spacial score (nSPS) is 22.6. The van der Waals surface area contributed by atoms with Crippen LogP contribution in [0.25, 0.3) is 0 Å². The molecule has 0 unspecified atom stereocenters. The molecule has 1 aromatic rings. The second-order valence-corrected chi connectivity index (χ2v) is 5.49. The summed E-state index contributed by atoms with van der Waals surface area (Å²) in [6, 6.07) is 3.56. The Bertz CT molecular complexity index is 485. The Morgan fingerprint density at radius 1 is 1.30 bits per heavy atom. The number of benzene rings is 1. The Morgan fingerprint density at radius 2 is 1.95 bits per heavy atom. The van der Waals surface area contributed by atoms with Crippen LogP contribution in [0, 0.1) is 11.6 Å². The third kappa shape index (κ3) is 3.54. The molecule has 0 aromatic heterocycles. The molecule has 5 heteroatoms. The van der Waals surface area contributed by atoms with E-state index in [0.29, 0.717) is 0 Å². The summed E-state index contributed by atoms with van der Waals surface area (Å²) in [6.07, 6.45) is 3.43. The van der Waals surface area contributed by atoms with Gasteiger partial charge in [-0.2, -0.15) is 0 Å². The predicted octanol–water partition coefficient (Wildman–Crippen LogP) is 2.24. The standard InChI is InChI=1S/C15H20F2N2O/c1-19(13-5-3-12(18)4-6-13)15(20)9-10-8-11(16)2-7-14(10)17/h2,7-8,12-13H,3-6,9,18H2,1H3. The zero-order chi connectivity index (χ0) is 14.7. The summed E-state index contributed by atoms with van der Waals surface area (Å²) in [5, 5.41) is 0. The van der Waals surface area contributed by atoms with Gasteiger partial charge >= 0.3 is 0 Å². The summed E-state index contributed by atoms with van der Waals surface area (Å²) in [7, 11) is 1.72. The first-order valence-electron chi connectivity index (χ1n) is 6.92. The van der Waals surface area contributed by atoms with Crippen LogP contribution >= 0.6 is 0 Å². The number of carbonyl (C=O) groups excluding carboxylic acids is 1. The minimum atomic E-state index is -0.543. The van der Waals surface area contributed by atoms with E-state index in [1.165, 1.54) is 0 Å². The first-order valence-corrected chi connectivity index (χ1v) is 6.92. The molecule has 0 heterocycles. The lowest BCUT2D eigenvalue weighted by Gasteiger charge is -2.33. The number of nitrogens with two attached hydrogens (primary N) is 1. The van der Waals surface area contributed by atoms with E-state index >= 15 is 0 Å². The average Bonchev–Trinajstić information content (AvgIpc) is 2.43. The number of likely N-dealkylation sites (N-methyl/N-ethyl adjacent to an activating group) is 1. The highest BCUT2D eigenvalue weighted by atomic mass is 19.1. The fourth-order valence-corrected chi connectivity index (χ4v) is 2.66. The van der Waals surface area contributed by atoms with E-state index in [1.54, 1.807) is 11.9 Å². The van der Waals surface area contributed by atoms with Gasteiger partial charge in [-0.25, -0.2) is 8.78 Å². The molecule has 0 bridgehead atoms. The Kier molecular flexibility index (Phi) is 4.70. The maximum absolute atomic E-state index is 13.5. The van der Waals surface area contributed by atoms with Gasteiger partial charge in [-0.05, 0) is 43.9 Å². The molecule has 1 saturated carbocycles. The molecular formula is C15H20F2N2O. The molecule has 1 amide bonds. The zero-order valence-electron chi connectivity index (χ0n) is 11.6. The van der Waals surface area contributed by atoms with E-state index in [4.69, 9.17) is 5.73 Å². The Balaban J connectivity index is 1.99. The monoisotopic (exact) mass is 282 g/mol. The van der Waals surface area contributed by atoms with Crippen LogP contribution in [0.5, 0.6) is 0 Å². The summed E-state index contributed by atoms with van der Waals surface area (Å²) in [6.45, 7) is 0. The molecule has 1 fully saturated rings. The van der Waals surface area contributed by atoms with Crippen LogP contribution in [-0.2, 0) is 11.2 Å². The molecule has 0 atom stereocenters. The Labute approximate surface area is 117 Å². The smallest absolute Gasteiger partial charge is 0.227 e. The van der Waals surface area contributed by atoms with Crippen molar-refractivity contribution in [2.45, 2.75) is 44.2 Å². The second-order valence-electron chi connectivity index (χ2n) is 5.49. The summed E-state index contributed by atoms with van der Waals surface area (Å²) in [4.78, 5) is 13.8. The molecule has 0 spiro atoms. The van der Waals surface area contributed by atoms with Gasteiger partial charge in [0.1, 0.15) is 11.6 Å². The Morgan fingerprint density at radius 3 is 2.60 bits per heavy atom. The minimum absolute atomic E-state index is 0.106. The minimum Gasteiger partial charge on any atom is -0.342 e. The van der Waals surface area contributed by atoms with Gasteiger partial charge < -0.3 is 10.6 Å². The van der Waals surface area contributed by atoms with E-state index < -0.39 is 11.6 Å². The maximum atomic E-state index is 13.5. The molecule has 2 N–H and O–H groups in total. The molecule has 3 nitrogen and oxygen atoms in total. The van der Waals surface area contributed by atoms with Crippen LogP contribution in [0.3, 0.4) is 0 Å². The van der Waals surface area contributed by atoms with Gasteiger partial charge in [-0.1, -0.05) is 0 Å². The molecule has 0 saturated heterocycles. The second kappa shape index (κ2) is 6.31. The summed E-state index contributed by atoms with van der Waals surface area (Å²) >= 11 is 0. The molecule has 1 aliphatic carbocycles. The molecule has 110 valence electrons. The highest BCUT2D eigenvalue weighted by Gasteiger charge is 2.25. The zero-order valence-corrected chi connectivity index (χ0v) is 11.6. The maximum Gasteiger partial charge on any atom is 0.227 e. The number of rotatable bonds is 3. The third-order valence-corrected chi connectivity index (χ3v) is 4.03. The SMILES string of the molecule is CN(C(=O)Cc1cc(F)ccc1F)C1CCC(N)CC1. The van der Waals surface area contributed by atoms with Gasteiger partial charge in [0, 0.05) is 24.7 Å². The largest absolute Gasteiger partial charge is 0.342 e. The van der Waals surface area contributed by atoms with Crippen LogP contribution in [0.2, 0.25) is 0 Å². The molecule has 2 rings (SSSR count). The van der Waals surface area contributed by atoms with Crippen molar-refractivity contribution in [3.8, 4) is 0 Å². The van der Waals surface area contributed by atoms with Crippen molar-refractivity contribution in [2.24, 2.45) is 5.73 Å². The lowest BCUT2D eigenvalue weighted by Crippen LogP contribution is -2.42. The van der Waals surface area contributed by atoms with Crippen molar-refractivity contribution < 1.29 is 13.6 Å². The third-order valence-electron chi connectivity index (χ3n) is 4.03. The molecular weight excluding hydrogens is 262 g/mol. The predicted molar refractivity (Wildman–Crippen MR) is 73.1 cm³/mol. The molecule has 0 aliphatic heterocycles. The summed E-state index contributed by atoms with van der Waals surface area (Å²) < 4.78 is 26.6. The van der Waals surface area contributed by atoms with Crippen molar-refractivity contribution in [1.29, 1.82) is 0 Å². The van der Waals surface area contributed by atoms with Gasteiger partial charge in [0.15, 0.2) is 0 Å². The van der Waals surface area contributed by atoms with E-state index in [1.807, 2.05) is 0 Å². The van der Waals surface area contributed by atoms with E-state index in [-0.39, 0.29) is 30.0 Å². The number of nitrogens with zero attached hydrogens (tertiary/aromatic N) is 1. The first-order chi connectivity index (χ1) is 9.47. The molecule has 1 aromatic carbocycles. The van der Waals surface area contributed by atoms with Crippen molar-refractivity contribution in [2.75, 3.05) is 7.05 Å². The summed E-state index contributed by atoms with van der Waals surface area (Å²) in [5.74, 6) is -1.26. The van der Waals surface area contributed by atoms with Crippen molar-refractivity contribution in [3.05, 3.63) is 35.4 Å². The summed E-state index contributed by atoms with van der Waals surface area (Å²) in [5.41, 5.74) is 5.94.